The molecule has 212 valence electrons. The van der Waals surface area contributed by atoms with Crippen molar-refractivity contribution in [2.45, 2.75) is 26.4 Å². The van der Waals surface area contributed by atoms with Crippen molar-refractivity contribution < 1.29 is 270 Å². The third kappa shape index (κ3) is 57.1. The van der Waals surface area contributed by atoms with Gasteiger partial charge < -0.3 is 69.0 Å². The molecule has 0 amide bonds. The van der Waals surface area contributed by atoms with Crippen molar-refractivity contribution in [3.8, 4) is 0 Å². The van der Waals surface area contributed by atoms with Crippen LogP contribution < -0.4 is 0 Å². The van der Waals surface area contributed by atoms with Crippen molar-refractivity contribution in [1.29, 1.82) is 0 Å². The molecular formula is C31H33N2V4Y6-7. The van der Waals surface area contributed by atoms with Gasteiger partial charge in [-0.25, -0.2) is 62.4 Å². The number of nitrogens with one attached hydrogen (secondary N) is 2. The number of benzene rings is 2. The second-order valence-corrected chi connectivity index (χ2v) is 5.79. The van der Waals surface area contributed by atoms with E-state index >= 15 is 0 Å². The summed E-state index contributed by atoms with van der Waals surface area (Å²) in [7, 11) is 0. The minimum absolute atomic E-state index is 0. The van der Waals surface area contributed by atoms with Crippen LogP contribution in [0, 0.1) is 71.4 Å². The van der Waals surface area contributed by atoms with Gasteiger partial charge in [-0.1, -0.05) is 14.4 Å². The van der Waals surface area contributed by atoms with E-state index in [9.17, 15) is 0 Å². The fourth-order valence-corrected chi connectivity index (χ4v) is 1.78. The molecule has 43 heavy (non-hydrogen) atoms. The van der Waals surface area contributed by atoms with Crippen LogP contribution in [0.15, 0.2) is 60.7 Å². The predicted octanol–water partition coefficient (Wildman–Crippen LogP) is 8.85. The number of hydrogen-bond acceptors (Lipinski definition) is 0. The van der Waals surface area contributed by atoms with Gasteiger partial charge in [-0.2, -0.15) is 6.04 Å². The van der Waals surface area contributed by atoms with E-state index in [0.717, 1.165) is 16.7 Å². The summed E-state index contributed by atoms with van der Waals surface area (Å²) < 4.78 is 0. The summed E-state index contributed by atoms with van der Waals surface area (Å²) in [5.41, 5.74) is 18.1. The van der Waals surface area contributed by atoms with Crippen LogP contribution in [0.4, 0.5) is 0 Å². The van der Waals surface area contributed by atoms with Crippen LogP contribution in [0.1, 0.15) is 48.7 Å². The van der Waals surface area contributed by atoms with Gasteiger partial charge in [0.15, 0.2) is 0 Å². The Bertz CT molecular complexity index is 799. The molecule has 0 aliphatic carbocycles. The molecule has 2 unspecified atom stereocenters. The van der Waals surface area contributed by atoms with Gasteiger partial charge in [-0.3, -0.25) is 52.6 Å². The van der Waals surface area contributed by atoms with Crippen molar-refractivity contribution in [2.75, 3.05) is 0 Å². The molecule has 2 atom stereocenters. The van der Waals surface area contributed by atoms with Crippen LogP contribution in [-0.2, 0) is 270 Å². The van der Waals surface area contributed by atoms with Gasteiger partial charge in [0.2, 0.25) is 0 Å². The fourth-order valence-electron chi connectivity index (χ4n) is 1.78. The molecule has 0 spiro atoms. The Morgan fingerprint density at radius 1 is 0.674 bits per heavy atom. The first-order valence-electron chi connectivity index (χ1n) is 9.52. The van der Waals surface area contributed by atoms with E-state index in [4.69, 9.17) is 37.8 Å². The Morgan fingerprint density at radius 3 is 1.19 bits per heavy atom. The molecule has 0 heterocycles. The van der Waals surface area contributed by atoms with Gasteiger partial charge in [0.25, 0.3) is 0 Å². The van der Waals surface area contributed by atoms with Gasteiger partial charge in [0.1, 0.15) is 0 Å². The van der Waals surface area contributed by atoms with Crippen LogP contribution in [0.3, 0.4) is 0 Å². The Hall–Kier alpha value is 5.50. The third-order valence-corrected chi connectivity index (χ3v) is 3.16. The Balaban J connectivity index is -0.0000000253. The molecule has 0 saturated carbocycles. The minimum atomic E-state index is -0.511. The molecule has 12 heteroatoms. The third-order valence-electron chi connectivity index (χ3n) is 3.16. The number of allylic oxidation sites excluding steroid dienone is 6. The van der Waals surface area contributed by atoms with Crippen molar-refractivity contribution in [1.82, 2.24) is 0 Å². The minimum Gasteiger partial charge on any atom is -0.700 e. The van der Waals surface area contributed by atoms with Crippen molar-refractivity contribution in [3.63, 3.8) is 0 Å². The van der Waals surface area contributed by atoms with Crippen LogP contribution in [0.25, 0.3) is 23.6 Å². The fraction of sp³-hybridized carbons (Fsp3) is 0.129. The van der Waals surface area contributed by atoms with Crippen molar-refractivity contribution >= 4 is 12.2 Å². The van der Waals surface area contributed by atoms with E-state index in [1.54, 1.807) is 25.1 Å². The maximum Gasteiger partial charge on any atom is 3.00 e. The molecule has 2 aromatic carbocycles. The maximum atomic E-state index is 7.45. The molecule has 2 nitrogen and oxygen atoms in total. The number of rotatable bonds is 6. The first-order valence-corrected chi connectivity index (χ1v) is 9.52. The zero-order chi connectivity index (χ0) is 24.8. The van der Waals surface area contributed by atoms with E-state index in [-0.39, 0.29) is 284 Å². The predicted molar refractivity (Wildman–Crippen MR) is 144 cm³/mol. The zero-order valence-electron chi connectivity index (χ0n) is 23.8. The average Bonchev–Trinajstić information content (AvgIpc) is 2.80. The van der Waals surface area contributed by atoms with Gasteiger partial charge in [-0.15, -0.1) is 0 Å². The number of hydrogen-bond donors (Lipinski definition) is 0. The van der Waals surface area contributed by atoms with E-state index in [1.165, 1.54) is 24.3 Å². The molecule has 2 rings (SSSR count). The van der Waals surface area contributed by atoms with E-state index in [1.807, 2.05) is 30.4 Å². The van der Waals surface area contributed by atoms with Gasteiger partial charge in [0, 0.05) is 205 Å². The molecular weight excluding hydrogens is 1140 g/mol. The Morgan fingerprint density at radius 2 is 0.953 bits per heavy atom. The zero-order valence-corrected chi connectivity index (χ0v) is 46.4. The van der Waals surface area contributed by atoms with Crippen molar-refractivity contribution in [3.05, 3.63) is 166 Å². The van der Waals surface area contributed by atoms with Crippen molar-refractivity contribution in [2.24, 2.45) is 0 Å². The molecule has 0 aromatic heterocycles. The second-order valence-electron chi connectivity index (χ2n) is 5.79. The average molecular weight is 1170 g/mol. The van der Waals surface area contributed by atoms with Crippen LogP contribution >= 0.6 is 0 Å². The van der Waals surface area contributed by atoms with Crippen LogP contribution in [0.5, 0.6) is 0 Å². The Labute approximate surface area is 464 Å². The standard InChI is InChI=1S/C11H11N.C11H10N.2C4H4.CH4.4V.6Y/c2*1-3-5-10-6-4-7-11(8-10)9(2)12;2*1-3-4-2;;;;;;;;;;;/h3-6,9,12H,1H2,2H3;3-6,9,12H,1-2H2;2*1-4H;1H4;;;;;;;;;;/q-4;-5;2*-2;;;;;;;;;;2*+3. The summed E-state index contributed by atoms with van der Waals surface area (Å²) in [6.45, 7) is 31.4. The van der Waals surface area contributed by atoms with Crippen LogP contribution in [-0.4, -0.2) is 0 Å². The van der Waals surface area contributed by atoms with Crippen LogP contribution in [0.2, 0.25) is 0 Å². The quantitative estimate of drug-likeness (QED) is 0.205. The molecule has 0 aliphatic rings. The molecule has 8 radical (unpaired) electrons. The molecule has 2 aromatic rings. The summed E-state index contributed by atoms with van der Waals surface area (Å²) >= 11 is 0. The first-order chi connectivity index (χ1) is 15.3. The molecule has 0 fully saturated rings. The van der Waals surface area contributed by atoms with Gasteiger partial charge >= 0.3 is 65.4 Å². The summed E-state index contributed by atoms with van der Waals surface area (Å²) in [6, 6.07) is 18.5. The molecule has 0 bridgehead atoms. The summed E-state index contributed by atoms with van der Waals surface area (Å²) in [5.74, 6) is 0. The second kappa shape index (κ2) is 65.8. The monoisotopic (exact) mass is 1170 g/mol. The normalized spacial score (nSPS) is 8.47. The summed E-state index contributed by atoms with van der Waals surface area (Å²) in [5, 5.41) is 0. The topological polar surface area (TPSA) is 47.6 Å². The summed E-state index contributed by atoms with van der Waals surface area (Å²) in [4.78, 5) is 0. The SMILES string of the molecule is C.[CH-]=CC=[CH-].[CH-]=CC=[CH-].[CH2-]C=Cc1[c-]c(C(C)[NH-])[c-]cc1.[CH2-]C=Cc1[c-]c(C([CH2-])[NH-])[c-]cc1.[V].[V].[V].[V].[Y+3].[Y+3].[Y].[Y].[Y].[Y]. The first kappa shape index (κ1) is 86.8. The molecule has 0 saturated heterocycles. The maximum absolute atomic E-state index is 7.45. The molecule has 0 aliphatic heterocycles. The van der Waals surface area contributed by atoms with E-state index in [2.05, 4.69) is 45.0 Å². The van der Waals surface area contributed by atoms with Gasteiger partial charge in [-0.05, 0) is 0 Å². The largest absolute Gasteiger partial charge is 3.00 e. The van der Waals surface area contributed by atoms with E-state index in [0.29, 0.717) is 5.56 Å². The van der Waals surface area contributed by atoms with E-state index < -0.39 is 6.04 Å². The smallest absolute Gasteiger partial charge is 0.700 e. The summed E-state index contributed by atoms with van der Waals surface area (Å²) in [6.07, 6.45) is 12.2. The Kier molecular flexibility index (Phi) is 133. The molecule has 2 N–H and O–H groups in total. The van der Waals surface area contributed by atoms with Gasteiger partial charge in [0.05, 0.1) is 0 Å².